The molecule has 0 saturated carbocycles. The van der Waals surface area contributed by atoms with E-state index >= 15 is 0 Å². The largest absolute Gasteiger partial charge is 1.00 e. The van der Waals surface area contributed by atoms with Crippen LogP contribution in [0.1, 0.15) is 39.5 Å². The van der Waals surface area contributed by atoms with Gasteiger partial charge < -0.3 is 0 Å². The van der Waals surface area contributed by atoms with Crippen LogP contribution in [0.2, 0.25) is 12.1 Å². The molecule has 0 amide bonds. The Balaban J connectivity index is 0.00000120. The van der Waals surface area contributed by atoms with Gasteiger partial charge in [0, 0.05) is 0 Å². The minimum atomic E-state index is -1.71. The number of fused-ring (bicyclic) bond motifs is 3. The molecule has 0 bridgehead atoms. The van der Waals surface area contributed by atoms with Crippen molar-refractivity contribution in [1.82, 2.24) is 0 Å². The monoisotopic (exact) mass is 380 g/mol. The molecule has 0 aromatic heterocycles. The molecule has 0 N–H and O–H groups in total. The summed E-state index contributed by atoms with van der Waals surface area (Å²) in [7, 11) is -1.71. The van der Waals surface area contributed by atoms with Crippen LogP contribution >= 0.6 is 0 Å². The molecule has 0 unspecified atom stereocenters. The molecular weight excluding hydrogens is 354 g/mol. The number of hydrogen-bond acceptors (Lipinski definition) is 0. The van der Waals surface area contributed by atoms with E-state index in [1.807, 2.05) is 0 Å². The molecular formula is C26H26Li2Si. The van der Waals surface area contributed by atoms with Gasteiger partial charge in [0.15, 0.2) is 0 Å². The van der Waals surface area contributed by atoms with Crippen molar-refractivity contribution in [3.05, 3.63) is 60.7 Å². The average Bonchev–Trinajstić information content (AvgIpc) is 3.01. The fourth-order valence-electron chi connectivity index (χ4n) is 5.43. The first-order chi connectivity index (χ1) is 13.3. The maximum atomic E-state index is 3.60. The van der Waals surface area contributed by atoms with Crippen molar-refractivity contribution < 1.29 is 37.7 Å². The zero-order valence-electron chi connectivity index (χ0n) is 18.4. The number of hydrogen-bond donors (Lipinski definition) is 0. The quantitative estimate of drug-likeness (QED) is 0.255. The zero-order chi connectivity index (χ0) is 18.4. The summed E-state index contributed by atoms with van der Waals surface area (Å²) < 4.78 is 0. The number of rotatable bonds is 6. The van der Waals surface area contributed by atoms with Crippen LogP contribution in [0.15, 0.2) is 48.5 Å². The van der Waals surface area contributed by atoms with E-state index in [1.54, 1.807) is 15.8 Å². The molecule has 0 fully saturated rings. The normalized spacial score (nSPS) is 13.7. The van der Waals surface area contributed by atoms with Crippen molar-refractivity contribution in [1.29, 1.82) is 0 Å². The third kappa shape index (κ3) is 3.28. The summed E-state index contributed by atoms with van der Waals surface area (Å²) in [5.74, 6) is 0. The third-order valence-corrected chi connectivity index (χ3v) is 12.0. The summed E-state index contributed by atoms with van der Waals surface area (Å²) in [6.07, 6.45) is 5.24. The van der Waals surface area contributed by atoms with Gasteiger partial charge in [-0.1, -0.05) is 85.8 Å². The van der Waals surface area contributed by atoms with Gasteiger partial charge >= 0.3 is 37.7 Å². The van der Waals surface area contributed by atoms with E-state index in [0.717, 1.165) is 0 Å². The summed E-state index contributed by atoms with van der Waals surface area (Å²) >= 11 is 0. The number of unbranched alkanes of at least 4 members (excludes halogenated alkanes) is 2. The van der Waals surface area contributed by atoms with E-state index in [0.29, 0.717) is 0 Å². The van der Waals surface area contributed by atoms with E-state index in [-0.39, 0.29) is 37.7 Å². The topological polar surface area (TPSA) is 0 Å². The molecule has 1 aliphatic rings. The van der Waals surface area contributed by atoms with Crippen molar-refractivity contribution in [2.75, 3.05) is 0 Å². The first kappa shape index (κ1) is 22.8. The van der Waals surface area contributed by atoms with Crippen molar-refractivity contribution in [2.24, 2.45) is 0 Å². The smallest absolute Gasteiger partial charge is 0.218 e. The maximum Gasteiger partial charge on any atom is 1.00 e. The molecule has 1 aliphatic heterocycles. The summed E-state index contributed by atoms with van der Waals surface area (Å²) in [4.78, 5) is 0. The van der Waals surface area contributed by atoms with Crippen LogP contribution in [0, 0.1) is 12.1 Å². The Kier molecular flexibility index (Phi) is 7.11. The third-order valence-electron chi connectivity index (χ3n) is 6.65. The maximum absolute atomic E-state index is 3.60. The first-order valence-electron chi connectivity index (χ1n) is 10.5. The van der Waals surface area contributed by atoms with Gasteiger partial charge in [-0.2, -0.15) is 24.3 Å². The van der Waals surface area contributed by atoms with Crippen molar-refractivity contribution >= 4 is 50.8 Å². The van der Waals surface area contributed by atoms with E-state index in [2.05, 4.69) is 74.5 Å². The van der Waals surface area contributed by atoms with Gasteiger partial charge in [0.1, 0.15) is 0 Å². The van der Waals surface area contributed by atoms with Gasteiger partial charge in [0.2, 0.25) is 0 Å². The van der Waals surface area contributed by atoms with E-state index < -0.39 is 8.07 Å². The molecule has 29 heavy (non-hydrogen) atoms. The molecule has 5 rings (SSSR count). The Hall–Kier alpha value is -0.928. The standard InChI is InChI=1S/C26H26Si.2Li/c1-3-5-17-27(18-6-4-2)23-15-9-13-21-19-11-7-8-12-20(19)22-14-10-16-24(27)26(22)25(21)23;;/h7-11,13,15-16H,3-6,17-18H2,1-2H3;;/q-2;2*+1. The minimum absolute atomic E-state index is 0. The Morgan fingerprint density at radius 2 is 1.34 bits per heavy atom. The molecule has 0 nitrogen and oxygen atoms in total. The summed E-state index contributed by atoms with van der Waals surface area (Å²) in [6.45, 7) is 4.67. The SMILES string of the molecule is CCCC[Si]1(CCCC)c2cc[c-]c3c4[c-]cccc4c4cccc1c4c23.[Li+].[Li+]. The molecule has 136 valence electrons. The predicted molar refractivity (Wildman–Crippen MR) is 121 cm³/mol. The number of benzene rings is 4. The van der Waals surface area contributed by atoms with Gasteiger partial charge in [-0.3, -0.25) is 0 Å². The fraction of sp³-hybridized carbons (Fsp3) is 0.308. The van der Waals surface area contributed by atoms with Crippen LogP contribution in [-0.4, -0.2) is 8.07 Å². The predicted octanol–water partition coefficient (Wildman–Crippen LogP) is 0.231. The second-order valence-electron chi connectivity index (χ2n) is 8.12. The zero-order valence-corrected chi connectivity index (χ0v) is 19.4. The van der Waals surface area contributed by atoms with E-state index in [4.69, 9.17) is 0 Å². The van der Waals surface area contributed by atoms with Gasteiger partial charge in [-0.15, -0.1) is 34.2 Å². The van der Waals surface area contributed by atoms with Gasteiger partial charge in [-0.05, 0) is 0 Å². The summed E-state index contributed by atoms with van der Waals surface area (Å²) in [5.41, 5.74) is 0. The average molecular weight is 380 g/mol. The Morgan fingerprint density at radius 1 is 0.690 bits per heavy atom. The van der Waals surface area contributed by atoms with Crippen LogP contribution in [-0.2, 0) is 0 Å². The second-order valence-corrected chi connectivity index (χ2v) is 12.4. The minimum Gasteiger partial charge on any atom is -0.218 e. The molecule has 0 atom stereocenters. The molecule has 0 spiro atoms. The Labute approximate surface area is 199 Å². The fourth-order valence-corrected chi connectivity index (χ4v) is 11.2. The molecule has 0 aliphatic carbocycles. The molecule has 0 saturated heterocycles. The van der Waals surface area contributed by atoms with Crippen LogP contribution in [0.5, 0.6) is 0 Å². The summed E-state index contributed by atoms with van der Waals surface area (Å²) in [6, 6.07) is 28.1. The Bertz CT molecular complexity index is 1070. The van der Waals surface area contributed by atoms with Crippen molar-refractivity contribution in [2.45, 2.75) is 51.6 Å². The van der Waals surface area contributed by atoms with Crippen LogP contribution in [0.3, 0.4) is 0 Å². The molecule has 4 aromatic rings. The van der Waals surface area contributed by atoms with E-state index in [1.165, 1.54) is 64.7 Å². The van der Waals surface area contributed by atoms with Crippen LogP contribution < -0.4 is 48.1 Å². The summed E-state index contributed by atoms with van der Waals surface area (Å²) in [5, 5.41) is 11.7. The van der Waals surface area contributed by atoms with Gasteiger partial charge in [-0.25, -0.2) is 10.8 Å². The van der Waals surface area contributed by atoms with Gasteiger partial charge in [0.05, 0.1) is 8.07 Å². The molecule has 3 heteroatoms. The molecule has 1 heterocycles. The van der Waals surface area contributed by atoms with Crippen LogP contribution in [0.4, 0.5) is 0 Å². The van der Waals surface area contributed by atoms with Crippen molar-refractivity contribution in [3.63, 3.8) is 0 Å². The van der Waals surface area contributed by atoms with Crippen LogP contribution in [0.25, 0.3) is 32.3 Å². The Morgan fingerprint density at radius 3 is 2.07 bits per heavy atom. The molecule has 0 radical (unpaired) electrons. The van der Waals surface area contributed by atoms with Gasteiger partial charge in [0.25, 0.3) is 0 Å². The molecule has 4 aromatic carbocycles. The first-order valence-corrected chi connectivity index (χ1v) is 12.9. The van der Waals surface area contributed by atoms with E-state index in [9.17, 15) is 0 Å². The second kappa shape index (κ2) is 9.06. The van der Waals surface area contributed by atoms with Crippen molar-refractivity contribution in [3.8, 4) is 0 Å².